The van der Waals surface area contributed by atoms with Gasteiger partial charge in [-0.1, -0.05) is 46.3 Å². The second-order valence-electron chi connectivity index (χ2n) is 15.4. The molecule has 3 N–H and O–H groups in total. The fourth-order valence-electron chi connectivity index (χ4n) is 10.6. The van der Waals surface area contributed by atoms with E-state index >= 15 is 0 Å². The standard InChI is InChI=1S/C32H50O7/c1-18(33)39-26-16-23-27(2,3)24(34)12-14-30(23,7)22-11-13-29(6)20(9-10-21(29)31(22,26)8)19-15-25(35)32(37,38-17-19)28(4,5)36/h10,19-20,22-23,25-26,35-37H,9,11-17H2,1-8H3/t19-,20+,22-,23?,25-,26-,29+,30-,31+,32+/m1/s1. The highest BCUT2D eigenvalue weighted by Gasteiger charge is 2.69. The number of Topliss-reactive ketones (excluding diaryl/α,β-unsaturated/α-hetero) is 1. The normalized spacial score (nSPS) is 49.4. The highest BCUT2D eigenvalue weighted by atomic mass is 16.7. The lowest BCUT2D eigenvalue weighted by molar-refractivity contribution is -0.353. The van der Waals surface area contributed by atoms with E-state index in [1.54, 1.807) is 0 Å². The van der Waals surface area contributed by atoms with Crippen molar-refractivity contribution in [3.8, 4) is 0 Å². The summed E-state index contributed by atoms with van der Waals surface area (Å²) < 4.78 is 12.0. The van der Waals surface area contributed by atoms with E-state index < -0.39 is 22.9 Å². The molecule has 220 valence electrons. The van der Waals surface area contributed by atoms with Crippen LogP contribution in [-0.4, -0.2) is 57.3 Å². The molecular weight excluding hydrogens is 496 g/mol. The third-order valence-electron chi connectivity index (χ3n) is 12.7. The van der Waals surface area contributed by atoms with Gasteiger partial charge in [0.05, 0.1) is 6.61 Å². The molecule has 3 saturated carbocycles. The Labute approximate surface area is 233 Å². The van der Waals surface area contributed by atoms with Gasteiger partial charge in [0.1, 0.15) is 23.6 Å². The molecule has 0 aromatic carbocycles. The first-order chi connectivity index (χ1) is 17.8. The Bertz CT molecular complexity index is 1070. The van der Waals surface area contributed by atoms with E-state index in [0.717, 1.165) is 25.7 Å². The second kappa shape index (κ2) is 8.86. The summed E-state index contributed by atoms with van der Waals surface area (Å²) in [6, 6.07) is 0. The van der Waals surface area contributed by atoms with E-state index in [1.807, 2.05) is 0 Å². The van der Waals surface area contributed by atoms with Crippen LogP contribution in [0.5, 0.6) is 0 Å². The van der Waals surface area contributed by atoms with Crippen molar-refractivity contribution in [3.63, 3.8) is 0 Å². The number of aliphatic hydroxyl groups is 3. The highest BCUT2D eigenvalue weighted by Crippen LogP contribution is 2.73. The fourth-order valence-corrected chi connectivity index (χ4v) is 10.6. The monoisotopic (exact) mass is 546 g/mol. The van der Waals surface area contributed by atoms with Crippen LogP contribution in [0.3, 0.4) is 0 Å². The smallest absolute Gasteiger partial charge is 0.302 e. The molecule has 1 saturated heterocycles. The molecule has 1 heterocycles. The van der Waals surface area contributed by atoms with Gasteiger partial charge in [0, 0.05) is 24.2 Å². The first-order valence-electron chi connectivity index (χ1n) is 15.0. The summed E-state index contributed by atoms with van der Waals surface area (Å²) in [5, 5.41) is 32.4. The molecular formula is C32H50O7. The quantitative estimate of drug-likeness (QED) is 0.351. The summed E-state index contributed by atoms with van der Waals surface area (Å²) in [7, 11) is 0. The zero-order valence-electron chi connectivity index (χ0n) is 25.2. The summed E-state index contributed by atoms with van der Waals surface area (Å²) >= 11 is 0. The van der Waals surface area contributed by atoms with Crippen LogP contribution in [0.15, 0.2) is 11.6 Å². The predicted octanol–water partition coefficient (Wildman–Crippen LogP) is 4.56. The van der Waals surface area contributed by atoms with Crippen molar-refractivity contribution in [2.45, 2.75) is 124 Å². The molecule has 5 aliphatic rings. The van der Waals surface area contributed by atoms with Gasteiger partial charge in [-0.15, -0.1) is 0 Å². The molecule has 4 aliphatic carbocycles. The third kappa shape index (κ3) is 3.89. The van der Waals surface area contributed by atoms with Crippen molar-refractivity contribution in [1.29, 1.82) is 0 Å². The molecule has 1 aliphatic heterocycles. The van der Waals surface area contributed by atoms with Crippen molar-refractivity contribution < 1.29 is 34.4 Å². The lowest BCUT2D eigenvalue weighted by Crippen LogP contribution is -2.66. The van der Waals surface area contributed by atoms with Gasteiger partial charge in [-0.3, -0.25) is 9.59 Å². The number of fused-ring (bicyclic) bond motifs is 5. The van der Waals surface area contributed by atoms with Crippen molar-refractivity contribution in [3.05, 3.63) is 11.6 Å². The minimum atomic E-state index is -2.00. The van der Waals surface area contributed by atoms with Crippen molar-refractivity contribution >= 4 is 11.8 Å². The molecule has 0 amide bonds. The summed E-state index contributed by atoms with van der Waals surface area (Å²) in [5.41, 5.74) is -1.23. The first-order valence-corrected chi connectivity index (χ1v) is 15.0. The summed E-state index contributed by atoms with van der Waals surface area (Å²) in [6.45, 7) is 15.9. The Kier molecular flexibility index (Phi) is 6.64. The molecule has 0 aromatic rings. The minimum Gasteiger partial charge on any atom is -0.462 e. The average Bonchev–Trinajstić information content (AvgIpc) is 3.17. The Morgan fingerprint density at radius 2 is 1.77 bits per heavy atom. The SMILES string of the molecule is CC(=O)O[C@@H]1CC2C(C)(C)C(=O)CC[C@]2(C)[C@H]2CC[C@]3(C)C(=CC[C@H]3[C@H]3CO[C@](O)(C(C)(C)O)[C@H](O)C3)[C@]12C. The predicted molar refractivity (Wildman–Crippen MR) is 146 cm³/mol. The molecule has 0 radical (unpaired) electrons. The number of allylic oxidation sites excluding steroid dienone is 1. The number of ether oxygens (including phenoxy) is 2. The summed E-state index contributed by atoms with van der Waals surface area (Å²) in [4.78, 5) is 25.5. The minimum absolute atomic E-state index is 0.0202. The summed E-state index contributed by atoms with van der Waals surface area (Å²) in [6.07, 6.45) is 6.20. The maximum Gasteiger partial charge on any atom is 0.302 e. The average molecular weight is 547 g/mol. The molecule has 1 unspecified atom stereocenters. The van der Waals surface area contributed by atoms with Crippen LogP contribution in [0, 0.1) is 45.3 Å². The van der Waals surface area contributed by atoms with E-state index in [1.165, 1.54) is 26.3 Å². The van der Waals surface area contributed by atoms with E-state index in [9.17, 15) is 24.9 Å². The van der Waals surface area contributed by atoms with Gasteiger partial charge < -0.3 is 24.8 Å². The first kappa shape index (κ1) is 29.2. The number of carbonyl (C=O) groups is 2. The van der Waals surface area contributed by atoms with Gasteiger partial charge in [0.25, 0.3) is 0 Å². The number of hydrogen-bond donors (Lipinski definition) is 3. The maximum absolute atomic E-state index is 13.1. The van der Waals surface area contributed by atoms with Crippen molar-refractivity contribution in [2.24, 2.45) is 45.3 Å². The second-order valence-corrected chi connectivity index (χ2v) is 15.4. The Morgan fingerprint density at radius 1 is 1.10 bits per heavy atom. The van der Waals surface area contributed by atoms with Gasteiger partial charge in [-0.05, 0) is 86.9 Å². The summed E-state index contributed by atoms with van der Waals surface area (Å²) in [5.74, 6) is -1.30. The van der Waals surface area contributed by atoms with Gasteiger partial charge in [-0.25, -0.2) is 0 Å². The Morgan fingerprint density at radius 3 is 2.36 bits per heavy atom. The van der Waals surface area contributed by atoms with Gasteiger partial charge in [0.15, 0.2) is 0 Å². The molecule has 7 heteroatoms. The molecule has 0 bridgehead atoms. The highest BCUT2D eigenvalue weighted by molar-refractivity contribution is 5.85. The molecule has 0 aromatic heterocycles. The van der Waals surface area contributed by atoms with Gasteiger partial charge in [-0.2, -0.15) is 0 Å². The maximum atomic E-state index is 13.1. The van der Waals surface area contributed by atoms with Crippen LogP contribution in [-0.2, 0) is 19.1 Å². The number of carbonyl (C=O) groups excluding carboxylic acids is 2. The van der Waals surface area contributed by atoms with Crippen LogP contribution in [0.25, 0.3) is 0 Å². The van der Waals surface area contributed by atoms with Crippen LogP contribution >= 0.6 is 0 Å². The van der Waals surface area contributed by atoms with Crippen LogP contribution in [0.4, 0.5) is 0 Å². The van der Waals surface area contributed by atoms with Crippen LogP contribution in [0.1, 0.15) is 100 Å². The largest absolute Gasteiger partial charge is 0.462 e. The number of ketones is 1. The molecule has 10 atom stereocenters. The molecule has 4 fully saturated rings. The third-order valence-corrected chi connectivity index (χ3v) is 12.7. The molecule has 7 nitrogen and oxygen atoms in total. The molecule has 5 rings (SSSR count). The topological polar surface area (TPSA) is 113 Å². The van der Waals surface area contributed by atoms with Crippen molar-refractivity contribution in [1.82, 2.24) is 0 Å². The zero-order valence-corrected chi connectivity index (χ0v) is 25.2. The molecule has 39 heavy (non-hydrogen) atoms. The van der Waals surface area contributed by atoms with Crippen LogP contribution in [0.2, 0.25) is 0 Å². The zero-order chi connectivity index (χ0) is 29.0. The lowest BCUT2D eigenvalue weighted by atomic mass is 9.37. The van der Waals surface area contributed by atoms with Gasteiger partial charge in [0.2, 0.25) is 5.79 Å². The van der Waals surface area contributed by atoms with Crippen molar-refractivity contribution in [2.75, 3.05) is 6.61 Å². The Hall–Kier alpha value is -1.28. The van der Waals surface area contributed by atoms with E-state index in [2.05, 4.69) is 40.7 Å². The Balaban J connectivity index is 1.49. The van der Waals surface area contributed by atoms with E-state index in [4.69, 9.17) is 9.47 Å². The van der Waals surface area contributed by atoms with E-state index in [0.29, 0.717) is 25.0 Å². The number of esters is 1. The number of aliphatic hydroxyl groups excluding tert-OH is 1. The fraction of sp³-hybridized carbons (Fsp3) is 0.875. The van der Waals surface area contributed by atoms with Crippen LogP contribution < -0.4 is 0 Å². The number of hydrogen-bond acceptors (Lipinski definition) is 7. The number of rotatable bonds is 3. The van der Waals surface area contributed by atoms with Gasteiger partial charge >= 0.3 is 5.97 Å². The molecule has 0 spiro atoms. The van der Waals surface area contributed by atoms with E-state index in [-0.39, 0.29) is 58.6 Å². The lowest BCUT2D eigenvalue weighted by Gasteiger charge is -2.68.